The predicted molar refractivity (Wildman–Crippen MR) is 131 cm³/mol. The highest BCUT2D eigenvalue weighted by Gasteiger charge is 2.45. The average Bonchev–Trinajstić information content (AvgIpc) is 3.23. The first kappa shape index (κ1) is 30.2. The molecule has 2 aliphatic rings. The molecule has 1 saturated heterocycles. The minimum atomic E-state index is -1.53. The molecule has 0 aromatic carbocycles. The van der Waals surface area contributed by atoms with Crippen LogP contribution in [0.3, 0.4) is 0 Å². The molecule has 0 radical (unpaired) electrons. The molecule has 0 aromatic rings. The second kappa shape index (κ2) is 14.0. The first-order valence-corrected chi connectivity index (χ1v) is 12.5. The lowest BCUT2D eigenvalue weighted by Crippen LogP contribution is -2.53. The van der Waals surface area contributed by atoms with Crippen molar-refractivity contribution in [1.82, 2.24) is 15.5 Å². The van der Waals surface area contributed by atoms with Gasteiger partial charge in [0.2, 0.25) is 11.5 Å². The summed E-state index contributed by atoms with van der Waals surface area (Å²) >= 11 is 0. The van der Waals surface area contributed by atoms with Crippen LogP contribution in [0.4, 0.5) is 0 Å². The number of amides is 2. The summed E-state index contributed by atoms with van der Waals surface area (Å²) in [5, 5.41) is 27.2. The van der Waals surface area contributed by atoms with Crippen LogP contribution >= 0.6 is 0 Å². The second-order valence-electron chi connectivity index (χ2n) is 10.0. The maximum Gasteiger partial charge on any atom is 0.305 e. The van der Waals surface area contributed by atoms with E-state index in [1.807, 2.05) is 13.8 Å². The van der Waals surface area contributed by atoms with Crippen LogP contribution in [0.2, 0.25) is 0 Å². The van der Waals surface area contributed by atoms with Crippen LogP contribution in [-0.2, 0) is 33.5 Å². The maximum absolute atomic E-state index is 13.1. The smallest absolute Gasteiger partial charge is 0.305 e. The van der Waals surface area contributed by atoms with Gasteiger partial charge < -0.3 is 30.4 Å². The zero-order valence-corrected chi connectivity index (χ0v) is 21.7. The summed E-state index contributed by atoms with van der Waals surface area (Å²) in [6.45, 7) is 6.77. The number of likely N-dealkylation sites (tertiary alicyclic amines) is 1. The van der Waals surface area contributed by atoms with Gasteiger partial charge in [-0.2, -0.15) is 0 Å². The number of ether oxygens (including phenoxy) is 1. The Morgan fingerprint density at radius 1 is 1.05 bits per heavy atom. The van der Waals surface area contributed by atoms with E-state index in [-0.39, 0.29) is 38.5 Å². The SMILES string of the molecule is CC(C)C(NC(=O)CCC(=O)O)C1=NOC(C)(C(=O)NC(CC(=O)O)C(=O)COCN2CCCCC2)C1. The molecule has 3 atom stereocenters. The van der Waals surface area contributed by atoms with E-state index in [2.05, 4.69) is 20.7 Å². The quantitative estimate of drug-likeness (QED) is 0.234. The van der Waals surface area contributed by atoms with E-state index < -0.39 is 53.6 Å². The molecule has 0 spiro atoms. The lowest BCUT2D eigenvalue weighted by Gasteiger charge is -2.27. The Labute approximate surface area is 215 Å². The topological polar surface area (TPSA) is 184 Å². The maximum atomic E-state index is 13.1. The van der Waals surface area contributed by atoms with Gasteiger partial charge in [-0.3, -0.25) is 28.9 Å². The number of carbonyl (C=O) groups excluding carboxylic acids is 3. The lowest BCUT2D eigenvalue weighted by molar-refractivity contribution is -0.147. The Morgan fingerprint density at radius 3 is 2.32 bits per heavy atom. The number of aliphatic carboxylic acids is 2. The summed E-state index contributed by atoms with van der Waals surface area (Å²) in [6.07, 6.45) is 2.12. The summed E-state index contributed by atoms with van der Waals surface area (Å²) in [5.41, 5.74) is -1.15. The fourth-order valence-corrected chi connectivity index (χ4v) is 4.15. The highest BCUT2D eigenvalue weighted by atomic mass is 16.7. The van der Waals surface area contributed by atoms with Gasteiger partial charge in [-0.25, -0.2) is 0 Å². The molecule has 13 heteroatoms. The van der Waals surface area contributed by atoms with Gasteiger partial charge in [-0.05, 0) is 25.7 Å². The van der Waals surface area contributed by atoms with Gasteiger partial charge in [0.25, 0.3) is 5.91 Å². The number of rotatable bonds is 15. The number of nitrogens with one attached hydrogen (secondary N) is 2. The lowest BCUT2D eigenvalue weighted by atomic mass is 9.90. The summed E-state index contributed by atoms with van der Waals surface area (Å²) in [4.78, 5) is 67.5. The summed E-state index contributed by atoms with van der Waals surface area (Å²) in [6, 6.07) is -1.91. The third-order valence-electron chi connectivity index (χ3n) is 6.31. The van der Waals surface area contributed by atoms with Gasteiger partial charge in [0, 0.05) is 25.9 Å². The van der Waals surface area contributed by atoms with Crippen molar-refractivity contribution in [3.8, 4) is 0 Å². The van der Waals surface area contributed by atoms with Crippen LogP contribution in [0.1, 0.15) is 65.7 Å². The molecule has 0 aliphatic carbocycles. The largest absolute Gasteiger partial charge is 0.481 e. The summed E-state index contributed by atoms with van der Waals surface area (Å²) < 4.78 is 5.48. The van der Waals surface area contributed by atoms with Crippen LogP contribution < -0.4 is 10.6 Å². The van der Waals surface area contributed by atoms with E-state index in [9.17, 15) is 29.1 Å². The van der Waals surface area contributed by atoms with Crippen LogP contribution in [0.25, 0.3) is 0 Å². The Hall–Kier alpha value is -3.06. The molecule has 0 bridgehead atoms. The van der Waals surface area contributed by atoms with Crippen LogP contribution in [0.15, 0.2) is 5.16 Å². The molecule has 2 aliphatic heterocycles. The molecule has 2 rings (SSSR count). The number of carboxylic acids is 2. The van der Waals surface area contributed by atoms with Crippen molar-refractivity contribution < 1.29 is 43.8 Å². The van der Waals surface area contributed by atoms with E-state index >= 15 is 0 Å². The first-order valence-electron chi connectivity index (χ1n) is 12.5. The van der Waals surface area contributed by atoms with Gasteiger partial charge in [0.1, 0.15) is 12.6 Å². The van der Waals surface area contributed by atoms with Gasteiger partial charge in [0.05, 0.1) is 31.3 Å². The van der Waals surface area contributed by atoms with Crippen LogP contribution in [0, 0.1) is 5.92 Å². The van der Waals surface area contributed by atoms with Crippen molar-refractivity contribution in [2.24, 2.45) is 11.1 Å². The second-order valence-corrected chi connectivity index (χ2v) is 10.0. The monoisotopic (exact) mass is 526 g/mol. The number of hydrogen-bond acceptors (Lipinski definition) is 9. The Bertz CT molecular complexity index is 885. The average molecular weight is 527 g/mol. The van der Waals surface area contributed by atoms with E-state index in [0.717, 1.165) is 32.4 Å². The van der Waals surface area contributed by atoms with E-state index in [4.69, 9.17) is 14.7 Å². The highest BCUT2D eigenvalue weighted by Crippen LogP contribution is 2.27. The molecule has 37 heavy (non-hydrogen) atoms. The minimum Gasteiger partial charge on any atom is -0.481 e. The van der Waals surface area contributed by atoms with E-state index in [1.54, 1.807) is 0 Å². The van der Waals surface area contributed by atoms with Crippen molar-refractivity contribution in [2.45, 2.75) is 83.4 Å². The summed E-state index contributed by atoms with van der Waals surface area (Å²) in [7, 11) is 0. The van der Waals surface area contributed by atoms with E-state index in [0.29, 0.717) is 5.71 Å². The molecule has 0 aromatic heterocycles. The molecule has 13 nitrogen and oxygen atoms in total. The molecular formula is C24H38N4O9. The number of carboxylic acid groups (broad SMARTS) is 2. The Kier molecular flexibility index (Phi) is 11.4. The minimum absolute atomic E-state index is 0.0136. The zero-order chi connectivity index (χ0) is 27.6. The van der Waals surface area contributed by atoms with Gasteiger partial charge in [-0.1, -0.05) is 25.4 Å². The van der Waals surface area contributed by atoms with Crippen LogP contribution in [-0.4, -0.2) is 94.5 Å². The number of Topliss-reactive ketones (excluding diaryl/α,β-unsaturated/α-hetero) is 1. The number of piperidine rings is 1. The number of hydrogen-bond donors (Lipinski definition) is 4. The van der Waals surface area contributed by atoms with Gasteiger partial charge >= 0.3 is 11.9 Å². The Morgan fingerprint density at radius 2 is 1.73 bits per heavy atom. The Balaban J connectivity index is 1.96. The molecule has 2 heterocycles. The molecule has 1 fully saturated rings. The third-order valence-corrected chi connectivity index (χ3v) is 6.31. The number of ketones is 1. The molecule has 4 N–H and O–H groups in total. The zero-order valence-electron chi connectivity index (χ0n) is 21.7. The molecule has 2 amide bonds. The normalized spacial score (nSPS) is 21.5. The standard InChI is InChI=1S/C24H38N4O9/c1-15(2)22(26-19(30)7-8-20(31)32)17-12-24(3,37-27-17)23(35)25-16(11-21(33)34)18(29)13-36-14-28-9-5-4-6-10-28/h15-16,22H,4-14H2,1-3H3,(H,25,35)(H,26,30)(H,31,32)(H,33,34). The van der Waals surface area contributed by atoms with Gasteiger partial charge in [-0.15, -0.1) is 0 Å². The predicted octanol–water partition coefficient (Wildman–Crippen LogP) is 0.516. The van der Waals surface area contributed by atoms with Crippen molar-refractivity contribution in [1.29, 1.82) is 0 Å². The number of carbonyl (C=O) groups is 5. The van der Waals surface area contributed by atoms with Crippen molar-refractivity contribution in [3.05, 3.63) is 0 Å². The third kappa shape index (κ3) is 9.73. The molecule has 208 valence electrons. The number of oxime groups is 1. The van der Waals surface area contributed by atoms with Crippen molar-refractivity contribution in [2.75, 3.05) is 26.4 Å². The first-order chi connectivity index (χ1) is 17.4. The highest BCUT2D eigenvalue weighted by molar-refractivity contribution is 6.01. The van der Waals surface area contributed by atoms with Gasteiger partial charge in [0.15, 0.2) is 5.78 Å². The molecular weight excluding hydrogens is 488 g/mol. The van der Waals surface area contributed by atoms with Crippen molar-refractivity contribution in [3.63, 3.8) is 0 Å². The van der Waals surface area contributed by atoms with E-state index in [1.165, 1.54) is 6.92 Å². The van der Waals surface area contributed by atoms with Crippen LogP contribution in [0.5, 0.6) is 0 Å². The fourth-order valence-electron chi connectivity index (χ4n) is 4.15. The van der Waals surface area contributed by atoms with Crippen molar-refractivity contribution >= 4 is 35.2 Å². The number of nitrogens with zero attached hydrogens (tertiary/aromatic N) is 2. The molecule has 0 saturated carbocycles. The fraction of sp³-hybridized carbons (Fsp3) is 0.750. The summed E-state index contributed by atoms with van der Waals surface area (Å²) in [5.74, 6) is -4.25. The molecule has 3 unspecified atom stereocenters.